The zero-order chi connectivity index (χ0) is 24.7. The van der Waals surface area contributed by atoms with Crippen molar-refractivity contribution in [2.45, 2.75) is 63.1 Å². The largest absolute Gasteiger partial charge is 0.481 e. The van der Waals surface area contributed by atoms with Gasteiger partial charge in [0, 0.05) is 19.4 Å². The monoisotopic (exact) mass is 472 g/mol. The van der Waals surface area contributed by atoms with Gasteiger partial charge in [0.2, 0.25) is 17.7 Å². The van der Waals surface area contributed by atoms with Crippen LogP contribution < -0.4 is 10.6 Å². The zero-order valence-electron chi connectivity index (χ0n) is 18.6. The molecular weight excluding hydrogens is 444 g/mol. The van der Waals surface area contributed by atoms with E-state index in [0.717, 1.165) is 10.6 Å². The Morgan fingerprint density at radius 3 is 2.56 bits per heavy atom. The molecule has 0 bridgehead atoms. The number of aldehydes is 1. The van der Waals surface area contributed by atoms with Crippen LogP contribution in [0, 0.1) is 0 Å². The van der Waals surface area contributed by atoms with Crippen LogP contribution >= 0.6 is 0 Å². The summed E-state index contributed by atoms with van der Waals surface area (Å²) in [6, 6.07) is 6.08. The summed E-state index contributed by atoms with van der Waals surface area (Å²) in [6.07, 6.45) is 1.18. The van der Waals surface area contributed by atoms with Gasteiger partial charge in [-0.05, 0) is 31.2 Å². The molecule has 2 fully saturated rings. The highest BCUT2D eigenvalue weighted by Crippen LogP contribution is 2.25. The maximum Gasteiger partial charge on any atom is 0.305 e. The van der Waals surface area contributed by atoms with E-state index < -0.39 is 42.3 Å². The summed E-state index contributed by atoms with van der Waals surface area (Å²) in [5.74, 6) is -3.25. The molecule has 34 heavy (non-hydrogen) atoms. The highest BCUT2D eigenvalue weighted by atomic mass is 16.4. The molecule has 1 aromatic rings. The number of aliphatic carboxylic acids is 1. The van der Waals surface area contributed by atoms with Crippen molar-refractivity contribution in [3.63, 3.8) is 0 Å². The molecular formula is C23H28N4O7. The average molecular weight is 472 g/mol. The molecule has 2 aliphatic heterocycles. The van der Waals surface area contributed by atoms with Crippen molar-refractivity contribution >= 4 is 35.9 Å². The molecule has 11 nitrogen and oxygen atoms in total. The molecule has 2 saturated heterocycles. The summed E-state index contributed by atoms with van der Waals surface area (Å²) in [6.45, 7) is 0.245. The molecule has 0 aliphatic carbocycles. The van der Waals surface area contributed by atoms with Gasteiger partial charge in [-0.1, -0.05) is 30.3 Å². The molecule has 2 unspecified atom stereocenters. The topological polar surface area (TPSA) is 153 Å². The molecule has 0 radical (unpaired) electrons. The summed E-state index contributed by atoms with van der Waals surface area (Å²) < 4.78 is 0. The van der Waals surface area contributed by atoms with E-state index in [9.17, 15) is 28.8 Å². The average Bonchev–Trinajstić information content (AvgIpc) is 2.94. The number of carbonyl (C=O) groups is 6. The Labute approximate surface area is 196 Å². The predicted octanol–water partition coefficient (Wildman–Crippen LogP) is -0.209. The van der Waals surface area contributed by atoms with Gasteiger partial charge in [-0.3, -0.25) is 29.0 Å². The van der Waals surface area contributed by atoms with E-state index in [4.69, 9.17) is 5.11 Å². The van der Waals surface area contributed by atoms with Crippen molar-refractivity contribution < 1.29 is 33.9 Å². The lowest BCUT2D eigenvalue weighted by Crippen LogP contribution is -2.64. The Hall–Kier alpha value is -3.76. The van der Waals surface area contributed by atoms with E-state index >= 15 is 0 Å². The van der Waals surface area contributed by atoms with Crippen LogP contribution in [-0.2, 0) is 35.2 Å². The van der Waals surface area contributed by atoms with Gasteiger partial charge in [0.05, 0.1) is 12.5 Å². The van der Waals surface area contributed by atoms with E-state index in [0.29, 0.717) is 19.1 Å². The van der Waals surface area contributed by atoms with Crippen LogP contribution in [0.1, 0.15) is 44.1 Å². The van der Waals surface area contributed by atoms with Crippen molar-refractivity contribution in [1.29, 1.82) is 0 Å². The summed E-state index contributed by atoms with van der Waals surface area (Å²) in [5.41, 5.74) is 0.977. The van der Waals surface area contributed by atoms with Crippen molar-refractivity contribution in [1.82, 2.24) is 20.7 Å². The number of rotatable bonds is 9. The van der Waals surface area contributed by atoms with Crippen molar-refractivity contribution in [3.05, 3.63) is 35.9 Å². The fraction of sp³-hybridized carbons (Fsp3) is 0.478. The Bertz CT molecular complexity index is 952. The first-order chi connectivity index (χ1) is 16.3. The van der Waals surface area contributed by atoms with Crippen LogP contribution in [0.2, 0.25) is 0 Å². The summed E-state index contributed by atoms with van der Waals surface area (Å²) >= 11 is 0. The minimum absolute atomic E-state index is 0.0240. The Kier molecular flexibility index (Phi) is 8.34. The van der Waals surface area contributed by atoms with Gasteiger partial charge in [0.25, 0.3) is 5.91 Å². The number of hydrogen-bond donors (Lipinski definition) is 3. The van der Waals surface area contributed by atoms with Crippen LogP contribution in [0.25, 0.3) is 0 Å². The maximum atomic E-state index is 13.4. The van der Waals surface area contributed by atoms with E-state index in [1.54, 1.807) is 0 Å². The van der Waals surface area contributed by atoms with Crippen LogP contribution in [-0.4, -0.2) is 75.7 Å². The highest BCUT2D eigenvalue weighted by molar-refractivity contribution is 5.96. The second-order valence-electron chi connectivity index (χ2n) is 8.35. The van der Waals surface area contributed by atoms with Gasteiger partial charge in [-0.25, -0.2) is 5.01 Å². The van der Waals surface area contributed by atoms with Crippen LogP contribution in [0.4, 0.5) is 0 Å². The molecule has 3 atom stereocenters. The molecule has 0 spiro atoms. The molecule has 3 N–H and O–H groups in total. The van der Waals surface area contributed by atoms with Crippen LogP contribution in [0.3, 0.4) is 0 Å². The number of hydrazine groups is 1. The summed E-state index contributed by atoms with van der Waals surface area (Å²) in [4.78, 5) is 73.5. The van der Waals surface area contributed by atoms with E-state index in [-0.39, 0.29) is 44.0 Å². The van der Waals surface area contributed by atoms with Gasteiger partial charge in [-0.2, -0.15) is 0 Å². The number of aryl methyl sites for hydroxylation is 1. The highest BCUT2D eigenvalue weighted by Gasteiger charge is 2.44. The van der Waals surface area contributed by atoms with Crippen molar-refractivity contribution in [3.8, 4) is 0 Å². The van der Waals surface area contributed by atoms with Crippen LogP contribution in [0.15, 0.2) is 30.3 Å². The fourth-order valence-electron chi connectivity index (χ4n) is 4.18. The van der Waals surface area contributed by atoms with Crippen molar-refractivity contribution in [2.75, 3.05) is 6.54 Å². The fourth-order valence-corrected chi connectivity index (χ4v) is 4.18. The number of fused-ring (bicyclic) bond motifs is 1. The number of nitrogens with one attached hydrogen (secondary N) is 2. The molecule has 182 valence electrons. The molecule has 4 amide bonds. The third-order valence-corrected chi connectivity index (χ3v) is 5.87. The van der Waals surface area contributed by atoms with E-state index in [1.165, 1.54) is 5.01 Å². The number of benzene rings is 1. The molecule has 2 heterocycles. The first-order valence-electron chi connectivity index (χ1n) is 11.2. The third-order valence-electron chi connectivity index (χ3n) is 5.87. The second kappa shape index (κ2) is 11.4. The first-order valence-corrected chi connectivity index (χ1v) is 11.2. The quantitative estimate of drug-likeness (QED) is 0.420. The number of hydrogen-bond acceptors (Lipinski definition) is 6. The van der Waals surface area contributed by atoms with E-state index in [1.807, 2.05) is 30.3 Å². The lowest BCUT2D eigenvalue weighted by atomic mass is 10.0. The molecule has 0 aromatic heterocycles. The Morgan fingerprint density at radius 2 is 1.88 bits per heavy atom. The number of carbonyl (C=O) groups excluding carboxylic acids is 5. The molecule has 0 saturated carbocycles. The first kappa shape index (κ1) is 24.9. The number of carboxylic acids is 1. The van der Waals surface area contributed by atoms with Gasteiger partial charge in [-0.15, -0.1) is 0 Å². The van der Waals surface area contributed by atoms with Crippen molar-refractivity contribution in [2.24, 2.45) is 0 Å². The predicted molar refractivity (Wildman–Crippen MR) is 118 cm³/mol. The smallest absolute Gasteiger partial charge is 0.305 e. The SMILES string of the molecule is O=CC(CC(=O)O)NC(=O)[C@@H]1CCCN2C(=O)CCC(NC(=O)CCc3ccccc3)C(=O)N12. The van der Waals surface area contributed by atoms with Gasteiger partial charge >= 0.3 is 5.97 Å². The normalized spacial score (nSPS) is 21.2. The molecule has 2 aliphatic rings. The Morgan fingerprint density at radius 1 is 1.15 bits per heavy atom. The van der Waals surface area contributed by atoms with Gasteiger partial charge < -0.3 is 20.5 Å². The molecule has 11 heteroatoms. The minimum atomic E-state index is -1.26. The zero-order valence-corrected chi connectivity index (χ0v) is 18.6. The lowest BCUT2D eigenvalue weighted by Gasteiger charge is -2.43. The maximum absolute atomic E-state index is 13.4. The standard InChI is InChI=1S/C23H28N4O7/c28-14-16(13-21(31)32)24-22(33)18-7-4-12-26-20(30)11-9-17(23(34)27(18)26)25-19(29)10-8-15-5-2-1-3-6-15/h1-3,5-6,14,16-18H,4,7-13H2,(H,24,33)(H,25,29)(H,31,32)/t16?,17?,18-/m0/s1. The van der Waals surface area contributed by atoms with E-state index in [2.05, 4.69) is 10.6 Å². The summed E-state index contributed by atoms with van der Waals surface area (Å²) in [7, 11) is 0. The molecule has 3 rings (SSSR count). The lowest BCUT2D eigenvalue weighted by molar-refractivity contribution is -0.176. The number of nitrogens with zero attached hydrogens (tertiary/aromatic N) is 2. The Balaban J connectivity index is 1.71. The number of amides is 4. The van der Waals surface area contributed by atoms with Crippen LogP contribution in [0.5, 0.6) is 0 Å². The van der Waals surface area contributed by atoms with Gasteiger partial charge in [0.1, 0.15) is 18.4 Å². The second-order valence-corrected chi connectivity index (χ2v) is 8.35. The minimum Gasteiger partial charge on any atom is -0.481 e. The molecule has 1 aromatic carbocycles. The van der Waals surface area contributed by atoms with Gasteiger partial charge in [0.15, 0.2) is 0 Å². The number of carboxylic acid groups (broad SMARTS) is 1. The summed E-state index contributed by atoms with van der Waals surface area (Å²) in [5, 5.41) is 16.2. The third kappa shape index (κ3) is 6.18.